The van der Waals surface area contributed by atoms with Crippen LogP contribution in [0.25, 0.3) is 0 Å². The lowest BCUT2D eigenvalue weighted by molar-refractivity contribution is -0.130. The second-order valence-electron chi connectivity index (χ2n) is 8.34. The minimum Gasteiger partial charge on any atom is -0.353 e. The molecule has 0 aromatic heterocycles. The fourth-order valence-electron chi connectivity index (χ4n) is 4.24. The molecule has 0 radical (unpaired) electrons. The number of fused-ring (bicyclic) bond motifs is 1. The molecule has 0 aliphatic carbocycles. The molecule has 3 aromatic carbocycles. The third kappa shape index (κ3) is 4.65. The van der Waals surface area contributed by atoms with E-state index in [9.17, 15) is 14.4 Å². The van der Waals surface area contributed by atoms with Crippen molar-refractivity contribution in [3.63, 3.8) is 0 Å². The van der Waals surface area contributed by atoms with Crippen LogP contribution in [0.1, 0.15) is 39.0 Å². The summed E-state index contributed by atoms with van der Waals surface area (Å²) in [5.74, 6) is -1.09. The average molecular weight is 442 g/mol. The summed E-state index contributed by atoms with van der Waals surface area (Å²) in [5.41, 5.74) is 3.08. The van der Waals surface area contributed by atoms with Crippen molar-refractivity contribution in [3.8, 4) is 0 Å². The van der Waals surface area contributed by atoms with E-state index < -0.39 is 12.0 Å². The molecule has 6 nitrogen and oxygen atoms in total. The lowest BCUT2D eigenvalue weighted by atomic mass is 9.97. The smallest absolute Gasteiger partial charge is 0.255 e. The highest BCUT2D eigenvalue weighted by Crippen LogP contribution is 2.31. The molecule has 1 heterocycles. The third-order valence-electron chi connectivity index (χ3n) is 5.95. The molecular weight excluding hydrogens is 414 g/mol. The molecule has 3 aromatic rings. The molecule has 2 atom stereocenters. The Bertz CT molecular complexity index is 1150. The van der Waals surface area contributed by atoms with Crippen LogP contribution < -0.4 is 5.32 Å². The second kappa shape index (κ2) is 9.69. The first kappa shape index (κ1) is 22.3. The SMILES string of the molecule is CN(C)C(=O)C(CNC(=O)[C@@H](c1ccccc1)N1Cc2ccccc2C1=O)c1ccccc1. The van der Waals surface area contributed by atoms with Crippen molar-refractivity contribution in [3.05, 3.63) is 107 Å². The van der Waals surface area contributed by atoms with Gasteiger partial charge in [-0.1, -0.05) is 78.9 Å². The molecular formula is C27H27N3O3. The van der Waals surface area contributed by atoms with E-state index in [2.05, 4.69) is 5.32 Å². The highest BCUT2D eigenvalue weighted by atomic mass is 16.2. The number of benzene rings is 3. The van der Waals surface area contributed by atoms with Gasteiger partial charge in [0.15, 0.2) is 0 Å². The number of nitrogens with zero attached hydrogens (tertiary/aromatic N) is 2. The topological polar surface area (TPSA) is 69.7 Å². The van der Waals surface area contributed by atoms with Crippen molar-refractivity contribution in [1.82, 2.24) is 15.1 Å². The lowest BCUT2D eigenvalue weighted by Gasteiger charge is -2.28. The number of nitrogens with one attached hydrogen (secondary N) is 1. The zero-order chi connectivity index (χ0) is 23.4. The van der Waals surface area contributed by atoms with Crippen molar-refractivity contribution >= 4 is 17.7 Å². The van der Waals surface area contributed by atoms with E-state index >= 15 is 0 Å². The van der Waals surface area contributed by atoms with Crippen molar-refractivity contribution in [2.24, 2.45) is 0 Å². The highest BCUT2D eigenvalue weighted by Gasteiger charge is 2.37. The average Bonchev–Trinajstić information content (AvgIpc) is 3.16. The van der Waals surface area contributed by atoms with E-state index in [1.807, 2.05) is 78.9 Å². The van der Waals surface area contributed by atoms with Crippen LogP contribution in [0.3, 0.4) is 0 Å². The largest absolute Gasteiger partial charge is 0.353 e. The number of amides is 3. The van der Waals surface area contributed by atoms with Crippen LogP contribution >= 0.6 is 0 Å². The summed E-state index contributed by atoms with van der Waals surface area (Å²) < 4.78 is 0. The van der Waals surface area contributed by atoms with Crippen LogP contribution in [0.5, 0.6) is 0 Å². The Labute approximate surface area is 193 Å². The molecule has 6 heteroatoms. The van der Waals surface area contributed by atoms with E-state index in [0.717, 1.165) is 16.7 Å². The fraction of sp³-hybridized carbons (Fsp3) is 0.222. The van der Waals surface area contributed by atoms with Crippen LogP contribution in [-0.4, -0.2) is 48.2 Å². The zero-order valence-electron chi connectivity index (χ0n) is 18.8. The van der Waals surface area contributed by atoms with Gasteiger partial charge in [-0.3, -0.25) is 14.4 Å². The van der Waals surface area contributed by atoms with Gasteiger partial charge < -0.3 is 15.1 Å². The second-order valence-corrected chi connectivity index (χ2v) is 8.34. The van der Waals surface area contributed by atoms with E-state index in [0.29, 0.717) is 12.1 Å². The standard InChI is InChI=1S/C27H27N3O3/c1-29(2)26(32)23(19-11-5-3-6-12-19)17-28-25(31)24(20-13-7-4-8-14-20)30-18-21-15-9-10-16-22(21)27(30)33/h3-16,23-24H,17-18H2,1-2H3,(H,28,31)/t23?,24-/m1/s1. The number of likely N-dealkylation sites (N-methyl/N-ethyl adjacent to an activating group) is 1. The van der Waals surface area contributed by atoms with Crippen LogP contribution in [0.2, 0.25) is 0 Å². The first-order chi connectivity index (χ1) is 16.0. The first-order valence-electron chi connectivity index (χ1n) is 10.9. The van der Waals surface area contributed by atoms with Crippen LogP contribution in [0.4, 0.5) is 0 Å². The normalized spacial score (nSPS) is 14.4. The van der Waals surface area contributed by atoms with Gasteiger partial charge in [-0.2, -0.15) is 0 Å². The van der Waals surface area contributed by atoms with Gasteiger partial charge in [-0.25, -0.2) is 0 Å². The monoisotopic (exact) mass is 441 g/mol. The minimum atomic E-state index is -0.794. The lowest BCUT2D eigenvalue weighted by Crippen LogP contribution is -2.43. The summed E-state index contributed by atoms with van der Waals surface area (Å²) in [5, 5.41) is 2.96. The Morgan fingerprint density at radius 2 is 1.45 bits per heavy atom. The molecule has 0 spiro atoms. The zero-order valence-corrected chi connectivity index (χ0v) is 18.8. The van der Waals surface area contributed by atoms with E-state index in [1.165, 1.54) is 4.90 Å². The molecule has 3 amide bonds. The van der Waals surface area contributed by atoms with Crippen LogP contribution in [-0.2, 0) is 16.1 Å². The number of hydrogen-bond acceptors (Lipinski definition) is 3. The van der Waals surface area contributed by atoms with Gasteiger partial charge >= 0.3 is 0 Å². The maximum absolute atomic E-state index is 13.5. The predicted molar refractivity (Wildman–Crippen MR) is 126 cm³/mol. The van der Waals surface area contributed by atoms with Gasteiger partial charge in [0.1, 0.15) is 6.04 Å². The van der Waals surface area contributed by atoms with Gasteiger partial charge in [0.2, 0.25) is 11.8 Å². The Kier molecular flexibility index (Phi) is 6.54. The summed E-state index contributed by atoms with van der Waals surface area (Å²) in [7, 11) is 3.40. The van der Waals surface area contributed by atoms with Crippen molar-refractivity contribution in [1.29, 1.82) is 0 Å². The Morgan fingerprint density at radius 3 is 2.06 bits per heavy atom. The maximum atomic E-state index is 13.5. The van der Waals surface area contributed by atoms with Crippen LogP contribution in [0, 0.1) is 0 Å². The summed E-state index contributed by atoms with van der Waals surface area (Å²) in [6.45, 7) is 0.499. The Hall–Kier alpha value is -3.93. The predicted octanol–water partition coefficient (Wildman–Crippen LogP) is 3.37. The van der Waals surface area contributed by atoms with Crippen molar-refractivity contribution in [2.45, 2.75) is 18.5 Å². The van der Waals surface area contributed by atoms with Crippen molar-refractivity contribution in [2.75, 3.05) is 20.6 Å². The van der Waals surface area contributed by atoms with Gasteiger partial charge in [0.05, 0.1) is 5.92 Å². The molecule has 0 saturated carbocycles. The Balaban J connectivity index is 1.60. The fourth-order valence-corrected chi connectivity index (χ4v) is 4.24. The van der Waals surface area contributed by atoms with E-state index in [4.69, 9.17) is 0 Å². The molecule has 33 heavy (non-hydrogen) atoms. The minimum absolute atomic E-state index is 0.0950. The summed E-state index contributed by atoms with van der Waals surface area (Å²) >= 11 is 0. The molecule has 168 valence electrons. The van der Waals surface area contributed by atoms with Gasteiger partial charge in [0, 0.05) is 32.7 Å². The third-order valence-corrected chi connectivity index (χ3v) is 5.95. The van der Waals surface area contributed by atoms with Crippen molar-refractivity contribution < 1.29 is 14.4 Å². The first-order valence-corrected chi connectivity index (χ1v) is 10.9. The summed E-state index contributed by atoms with van der Waals surface area (Å²) in [6, 6.07) is 25.3. The molecule has 0 fully saturated rings. The van der Waals surface area contributed by atoms with Gasteiger partial charge in [-0.15, -0.1) is 0 Å². The quantitative estimate of drug-likeness (QED) is 0.611. The molecule has 0 saturated heterocycles. The molecule has 1 N–H and O–H groups in total. The molecule has 0 bridgehead atoms. The number of rotatable bonds is 7. The van der Waals surface area contributed by atoms with E-state index in [1.54, 1.807) is 25.1 Å². The van der Waals surface area contributed by atoms with E-state index in [-0.39, 0.29) is 24.3 Å². The maximum Gasteiger partial charge on any atom is 0.255 e. The van der Waals surface area contributed by atoms with Gasteiger partial charge in [-0.05, 0) is 22.8 Å². The molecule has 1 aliphatic heterocycles. The summed E-state index contributed by atoms with van der Waals surface area (Å²) in [6.07, 6.45) is 0. The van der Waals surface area contributed by atoms with Gasteiger partial charge in [0.25, 0.3) is 5.91 Å². The highest BCUT2D eigenvalue weighted by molar-refractivity contribution is 6.01. The number of carbonyl (C=O) groups is 3. The van der Waals surface area contributed by atoms with Crippen LogP contribution in [0.15, 0.2) is 84.9 Å². The molecule has 1 unspecified atom stereocenters. The number of carbonyl (C=O) groups excluding carboxylic acids is 3. The summed E-state index contributed by atoms with van der Waals surface area (Å²) in [4.78, 5) is 42.7. The molecule has 1 aliphatic rings. The molecule has 4 rings (SSSR count). The Morgan fingerprint density at radius 1 is 0.879 bits per heavy atom. The number of hydrogen-bond donors (Lipinski definition) is 1.